The van der Waals surface area contributed by atoms with Crippen molar-refractivity contribution in [2.24, 2.45) is 0 Å². The van der Waals surface area contributed by atoms with Gasteiger partial charge in [-0.05, 0) is 56.2 Å². The van der Waals surface area contributed by atoms with Gasteiger partial charge in [0.2, 0.25) is 11.8 Å². The number of rotatable bonds is 4. The summed E-state index contributed by atoms with van der Waals surface area (Å²) >= 11 is 1.39. The molecule has 0 fully saturated rings. The molecule has 0 unspecified atom stereocenters. The molecule has 2 amide bonds. The first-order chi connectivity index (χ1) is 13.9. The van der Waals surface area contributed by atoms with Crippen LogP contribution in [0.25, 0.3) is 5.69 Å². The monoisotopic (exact) mass is 406 g/mol. The largest absolute Gasteiger partial charge is 0.323 e. The number of aryl methyl sites for hydroxylation is 2. The van der Waals surface area contributed by atoms with E-state index in [1.807, 2.05) is 35.9 Å². The van der Waals surface area contributed by atoms with Gasteiger partial charge in [-0.3, -0.25) is 19.1 Å². The van der Waals surface area contributed by atoms with Gasteiger partial charge in [-0.15, -0.1) is 0 Å². The molecule has 7 heteroatoms. The van der Waals surface area contributed by atoms with E-state index < -0.39 is 5.25 Å². The highest BCUT2D eigenvalue weighted by molar-refractivity contribution is 8.00. The number of thioether (sulfide) groups is 1. The third-order valence-corrected chi connectivity index (χ3v) is 5.83. The van der Waals surface area contributed by atoms with Crippen molar-refractivity contribution < 1.29 is 9.59 Å². The Balaban J connectivity index is 1.58. The predicted octanol–water partition coefficient (Wildman–Crippen LogP) is 3.96. The number of amides is 2. The summed E-state index contributed by atoms with van der Waals surface area (Å²) in [5.74, 6) is -0.307. The maximum absolute atomic E-state index is 13.2. The lowest BCUT2D eigenvalue weighted by Crippen LogP contribution is -2.45. The molecule has 0 bridgehead atoms. The van der Waals surface area contributed by atoms with E-state index >= 15 is 0 Å². The number of anilines is 2. The first kappa shape index (κ1) is 19.3. The van der Waals surface area contributed by atoms with Crippen molar-refractivity contribution in [2.45, 2.75) is 31.2 Å². The van der Waals surface area contributed by atoms with Gasteiger partial charge in [0.25, 0.3) is 0 Å². The van der Waals surface area contributed by atoms with E-state index in [2.05, 4.69) is 42.3 Å². The standard InChI is InChI=1S/C22H22N4O2S/c1-14-10-15(2)12-17(11-14)25-9-8-23-22(25)29-16(3)21(28)26-13-20(27)24-18-6-4-5-7-19(18)26/h4-12,16H,13H2,1-3H3,(H,24,27)/t16-/m1/s1. The quantitative estimate of drug-likeness (QED) is 0.666. The highest BCUT2D eigenvalue weighted by Gasteiger charge is 2.30. The van der Waals surface area contributed by atoms with Gasteiger partial charge in [0.15, 0.2) is 5.16 Å². The molecule has 1 aliphatic rings. The predicted molar refractivity (Wildman–Crippen MR) is 116 cm³/mol. The summed E-state index contributed by atoms with van der Waals surface area (Å²) in [6.07, 6.45) is 3.64. The fourth-order valence-corrected chi connectivity index (χ4v) is 4.47. The van der Waals surface area contributed by atoms with Crippen molar-refractivity contribution in [3.05, 3.63) is 66.0 Å². The fourth-order valence-electron chi connectivity index (χ4n) is 3.52. The van der Waals surface area contributed by atoms with Crippen molar-refractivity contribution in [1.29, 1.82) is 0 Å². The first-order valence-corrected chi connectivity index (χ1v) is 10.3. The number of carbonyl (C=O) groups excluding carboxylic acids is 2. The van der Waals surface area contributed by atoms with Crippen molar-refractivity contribution in [2.75, 3.05) is 16.8 Å². The number of carbonyl (C=O) groups is 2. The average molecular weight is 407 g/mol. The Morgan fingerprint density at radius 2 is 1.90 bits per heavy atom. The van der Waals surface area contributed by atoms with Crippen molar-refractivity contribution in [3.8, 4) is 5.69 Å². The van der Waals surface area contributed by atoms with E-state index in [9.17, 15) is 9.59 Å². The second-order valence-electron chi connectivity index (χ2n) is 7.18. The highest BCUT2D eigenvalue weighted by atomic mass is 32.2. The summed E-state index contributed by atoms with van der Waals surface area (Å²) in [4.78, 5) is 31.2. The molecule has 1 atom stereocenters. The summed E-state index contributed by atoms with van der Waals surface area (Å²) in [7, 11) is 0. The van der Waals surface area contributed by atoms with Gasteiger partial charge in [0.05, 0.1) is 16.6 Å². The maximum Gasteiger partial charge on any atom is 0.244 e. The third kappa shape index (κ3) is 3.91. The van der Waals surface area contributed by atoms with Crippen molar-refractivity contribution >= 4 is 35.0 Å². The van der Waals surface area contributed by atoms with Crippen LogP contribution in [0.4, 0.5) is 11.4 Å². The number of aromatic nitrogens is 2. The molecule has 2 heterocycles. The Morgan fingerprint density at radius 1 is 1.17 bits per heavy atom. The van der Waals surface area contributed by atoms with Crippen LogP contribution < -0.4 is 10.2 Å². The number of hydrogen-bond donors (Lipinski definition) is 1. The van der Waals surface area contributed by atoms with Crippen LogP contribution in [0.15, 0.2) is 60.0 Å². The number of nitrogens with zero attached hydrogens (tertiary/aromatic N) is 3. The molecular formula is C22H22N4O2S. The minimum absolute atomic E-state index is 0.0201. The Kier molecular flexibility index (Phi) is 5.15. The lowest BCUT2D eigenvalue weighted by Gasteiger charge is -2.30. The number of fused-ring (bicyclic) bond motifs is 1. The minimum atomic E-state index is -0.402. The smallest absolute Gasteiger partial charge is 0.244 e. The highest BCUT2D eigenvalue weighted by Crippen LogP contribution is 2.32. The van der Waals surface area contributed by atoms with Crippen LogP contribution in [-0.2, 0) is 9.59 Å². The van der Waals surface area contributed by atoms with Crippen molar-refractivity contribution in [1.82, 2.24) is 9.55 Å². The van der Waals surface area contributed by atoms with Crippen LogP contribution >= 0.6 is 11.8 Å². The molecule has 2 aromatic carbocycles. The zero-order valence-corrected chi connectivity index (χ0v) is 17.4. The summed E-state index contributed by atoms with van der Waals surface area (Å²) in [5, 5.41) is 3.15. The molecule has 148 valence electrons. The summed E-state index contributed by atoms with van der Waals surface area (Å²) in [6.45, 7) is 5.99. The molecule has 0 aliphatic carbocycles. The number of hydrogen-bond acceptors (Lipinski definition) is 4. The summed E-state index contributed by atoms with van der Waals surface area (Å²) < 4.78 is 1.99. The van der Waals surface area contributed by atoms with Gasteiger partial charge in [0, 0.05) is 18.1 Å². The van der Waals surface area contributed by atoms with Crippen LogP contribution in [0.3, 0.4) is 0 Å². The average Bonchev–Trinajstić information content (AvgIpc) is 3.14. The van der Waals surface area contributed by atoms with Gasteiger partial charge in [-0.2, -0.15) is 0 Å². The summed E-state index contributed by atoms with van der Waals surface area (Å²) in [6, 6.07) is 13.7. The fraction of sp³-hybridized carbons (Fsp3) is 0.227. The van der Waals surface area contributed by atoms with Gasteiger partial charge in [-0.1, -0.05) is 30.0 Å². The Bertz CT molecular complexity index is 1070. The van der Waals surface area contributed by atoms with Gasteiger partial charge in [0.1, 0.15) is 6.54 Å². The molecule has 1 aromatic heterocycles. The molecule has 0 radical (unpaired) electrons. The van der Waals surface area contributed by atoms with Crippen LogP contribution in [0.5, 0.6) is 0 Å². The Hall–Kier alpha value is -3.06. The molecule has 29 heavy (non-hydrogen) atoms. The molecule has 1 aliphatic heterocycles. The molecule has 0 saturated heterocycles. The van der Waals surface area contributed by atoms with Gasteiger partial charge in [-0.25, -0.2) is 4.98 Å². The number of nitrogens with one attached hydrogen (secondary N) is 1. The molecule has 6 nitrogen and oxygen atoms in total. The number of para-hydroxylation sites is 2. The molecular weight excluding hydrogens is 384 g/mol. The van der Waals surface area contributed by atoms with E-state index in [0.717, 1.165) is 16.5 Å². The van der Waals surface area contributed by atoms with Crippen LogP contribution in [0.1, 0.15) is 18.1 Å². The zero-order valence-electron chi connectivity index (χ0n) is 16.5. The van der Waals surface area contributed by atoms with E-state index in [1.54, 1.807) is 17.2 Å². The molecule has 3 aromatic rings. The third-order valence-electron chi connectivity index (χ3n) is 4.76. The maximum atomic E-state index is 13.2. The van der Waals surface area contributed by atoms with E-state index in [0.29, 0.717) is 5.69 Å². The van der Waals surface area contributed by atoms with Gasteiger partial charge >= 0.3 is 0 Å². The van der Waals surface area contributed by atoms with E-state index in [1.165, 1.54) is 22.9 Å². The SMILES string of the molecule is Cc1cc(C)cc(-n2ccnc2S[C@H](C)C(=O)N2CC(=O)Nc3ccccc32)c1. The zero-order chi connectivity index (χ0) is 20.5. The lowest BCUT2D eigenvalue weighted by molar-refractivity contribution is -0.121. The van der Waals surface area contributed by atoms with E-state index in [-0.39, 0.29) is 18.4 Å². The second kappa shape index (κ2) is 7.75. The first-order valence-electron chi connectivity index (χ1n) is 9.41. The second-order valence-corrected chi connectivity index (χ2v) is 8.48. The number of imidazole rings is 1. The van der Waals surface area contributed by atoms with Crippen LogP contribution in [0.2, 0.25) is 0 Å². The molecule has 0 spiro atoms. The Labute approximate surface area is 173 Å². The van der Waals surface area contributed by atoms with E-state index in [4.69, 9.17) is 0 Å². The lowest BCUT2D eigenvalue weighted by atomic mass is 10.1. The normalized spacial score (nSPS) is 14.3. The van der Waals surface area contributed by atoms with Gasteiger partial charge < -0.3 is 5.32 Å². The number of benzene rings is 2. The summed E-state index contributed by atoms with van der Waals surface area (Å²) in [5.41, 5.74) is 4.74. The molecule has 4 rings (SSSR count). The van der Waals surface area contributed by atoms with Crippen LogP contribution in [0, 0.1) is 13.8 Å². The Morgan fingerprint density at radius 3 is 2.66 bits per heavy atom. The topological polar surface area (TPSA) is 67.2 Å². The molecule has 1 N–H and O–H groups in total. The van der Waals surface area contributed by atoms with Crippen LogP contribution in [-0.4, -0.2) is 33.2 Å². The minimum Gasteiger partial charge on any atom is -0.323 e. The molecule has 0 saturated carbocycles. The van der Waals surface area contributed by atoms with Crippen molar-refractivity contribution in [3.63, 3.8) is 0 Å².